The fourth-order valence-corrected chi connectivity index (χ4v) is 2.22. The monoisotopic (exact) mass is 265 g/mol. The Morgan fingerprint density at radius 1 is 1.05 bits per heavy atom. The Hall–Kier alpha value is -2.37. The van der Waals surface area contributed by atoms with Crippen LogP contribution in [-0.2, 0) is 6.42 Å². The Morgan fingerprint density at radius 2 is 1.90 bits per heavy atom. The number of hydrogen-bond acceptors (Lipinski definition) is 5. The van der Waals surface area contributed by atoms with Crippen LogP contribution in [0.5, 0.6) is 0 Å². The molecular formula is C15H15N5. The molecule has 100 valence electrons. The second kappa shape index (κ2) is 5.73. The maximum Gasteiger partial charge on any atom is 0.0890 e. The predicted octanol–water partition coefficient (Wildman–Crippen LogP) is 1.77. The van der Waals surface area contributed by atoms with Crippen molar-refractivity contribution in [1.29, 1.82) is 0 Å². The van der Waals surface area contributed by atoms with Crippen LogP contribution in [-0.4, -0.2) is 15.0 Å². The summed E-state index contributed by atoms with van der Waals surface area (Å²) in [5.74, 6) is 5.69. The van der Waals surface area contributed by atoms with E-state index in [-0.39, 0.29) is 6.04 Å². The molecule has 3 rings (SSSR count). The number of nitrogens with two attached hydrogens (primary N) is 1. The van der Waals surface area contributed by atoms with Crippen molar-refractivity contribution in [3.05, 3.63) is 66.2 Å². The molecule has 0 bridgehead atoms. The average molecular weight is 265 g/mol. The van der Waals surface area contributed by atoms with E-state index in [0.717, 1.165) is 28.6 Å². The Balaban J connectivity index is 1.91. The molecule has 1 aromatic carbocycles. The largest absolute Gasteiger partial charge is 0.271 e. The highest BCUT2D eigenvalue weighted by Gasteiger charge is 2.11. The number of nitrogens with one attached hydrogen (secondary N) is 1. The number of aromatic nitrogens is 3. The lowest BCUT2D eigenvalue weighted by Crippen LogP contribution is -2.29. The van der Waals surface area contributed by atoms with E-state index < -0.39 is 0 Å². The smallest absolute Gasteiger partial charge is 0.0890 e. The first-order valence-corrected chi connectivity index (χ1v) is 6.42. The molecule has 0 saturated carbocycles. The Labute approximate surface area is 116 Å². The first-order chi connectivity index (χ1) is 9.86. The quantitative estimate of drug-likeness (QED) is 0.555. The third-order valence-electron chi connectivity index (χ3n) is 3.26. The summed E-state index contributed by atoms with van der Waals surface area (Å²) in [6, 6.07) is 9.99. The summed E-state index contributed by atoms with van der Waals surface area (Å²) in [5.41, 5.74) is 6.83. The molecule has 2 aromatic heterocycles. The molecular weight excluding hydrogens is 250 g/mol. The third kappa shape index (κ3) is 2.64. The zero-order chi connectivity index (χ0) is 13.8. The molecule has 0 spiro atoms. The maximum absolute atomic E-state index is 5.69. The van der Waals surface area contributed by atoms with E-state index in [2.05, 4.69) is 20.4 Å². The molecule has 20 heavy (non-hydrogen) atoms. The number of nitrogens with zero attached hydrogens (tertiary/aromatic N) is 3. The van der Waals surface area contributed by atoms with E-state index in [9.17, 15) is 0 Å². The van der Waals surface area contributed by atoms with Crippen LogP contribution < -0.4 is 11.3 Å². The van der Waals surface area contributed by atoms with Crippen LogP contribution in [0.3, 0.4) is 0 Å². The standard InChI is InChI=1S/C15H15N5/c16-20-14(8-11-2-1-5-17-10-11)12-3-4-13-15(9-12)19-7-6-18-13/h1-7,9-10,14,20H,8,16H2. The van der Waals surface area contributed by atoms with Gasteiger partial charge in [0.25, 0.3) is 0 Å². The summed E-state index contributed by atoms with van der Waals surface area (Å²) in [7, 11) is 0. The zero-order valence-corrected chi connectivity index (χ0v) is 10.9. The molecule has 0 aliphatic carbocycles. The molecule has 0 aliphatic rings. The van der Waals surface area contributed by atoms with Crippen LogP contribution in [0.2, 0.25) is 0 Å². The molecule has 1 atom stereocenters. The van der Waals surface area contributed by atoms with Gasteiger partial charge in [0.1, 0.15) is 0 Å². The number of hydrogen-bond donors (Lipinski definition) is 2. The first-order valence-electron chi connectivity index (χ1n) is 6.42. The van der Waals surface area contributed by atoms with E-state index in [4.69, 9.17) is 5.84 Å². The van der Waals surface area contributed by atoms with Gasteiger partial charge in [-0.15, -0.1) is 0 Å². The minimum atomic E-state index is 0.0191. The second-order valence-corrected chi connectivity index (χ2v) is 4.59. The van der Waals surface area contributed by atoms with Crippen molar-refractivity contribution in [3.63, 3.8) is 0 Å². The Morgan fingerprint density at radius 3 is 2.65 bits per heavy atom. The summed E-state index contributed by atoms with van der Waals surface area (Å²) < 4.78 is 0. The summed E-state index contributed by atoms with van der Waals surface area (Å²) in [6.45, 7) is 0. The molecule has 0 fully saturated rings. The predicted molar refractivity (Wildman–Crippen MR) is 77.5 cm³/mol. The molecule has 2 heterocycles. The highest BCUT2D eigenvalue weighted by molar-refractivity contribution is 5.74. The van der Waals surface area contributed by atoms with Gasteiger partial charge in [0.15, 0.2) is 0 Å². The summed E-state index contributed by atoms with van der Waals surface area (Å²) in [4.78, 5) is 12.7. The topological polar surface area (TPSA) is 76.7 Å². The zero-order valence-electron chi connectivity index (χ0n) is 10.9. The van der Waals surface area contributed by atoms with E-state index >= 15 is 0 Å². The van der Waals surface area contributed by atoms with Gasteiger partial charge in [-0.05, 0) is 35.7 Å². The average Bonchev–Trinajstić information content (AvgIpc) is 2.53. The molecule has 1 unspecified atom stereocenters. The molecule has 5 nitrogen and oxygen atoms in total. The van der Waals surface area contributed by atoms with Crippen LogP contribution in [0.1, 0.15) is 17.2 Å². The highest BCUT2D eigenvalue weighted by atomic mass is 15.2. The van der Waals surface area contributed by atoms with Crippen molar-refractivity contribution in [1.82, 2.24) is 20.4 Å². The third-order valence-corrected chi connectivity index (χ3v) is 3.26. The van der Waals surface area contributed by atoms with Crippen molar-refractivity contribution in [3.8, 4) is 0 Å². The van der Waals surface area contributed by atoms with E-state index in [1.165, 1.54) is 0 Å². The molecule has 3 aromatic rings. The second-order valence-electron chi connectivity index (χ2n) is 4.59. The van der Waals surface area contributed by atoms with Crippen LogP contribution in [0.15, 0.2) is 55.1 Å². The number of rotatable bonds is 4. The van der Waals surface area contributed by atoms with Gasteiger partial charge in [-0.25, -0.2) is 0 Å². The lowest BCUT2D eigenvalue weighted by Gasteiger charge is -2.16. The van der Waals surface area contributed by atoms with Gasteiger partial charge in [-0.1, -0.05) is 12.1 Å². The molecule has 0 amide bonds. The molecule has 0 radical (unpaired) electrons. The molecule has 3 N–H and O–H groups in total. The van der Waals surface area contributed by atoms with Gasteiger partial charge in [0.2, 0.25) is 0 Å². The van der Waals surface area contributed by atoms with Crippen molar-refractivity contribution in [2.24, 2.45) is 5.84 Å². The van der Waals surface area contributed by atoms with Gasteiger partial charge in [-0.3, -0.25) is 26.2 Å². The number of fused-ring (bicyclic) bond motifs is 1. The molecule has 0 saturated heterocycles. The van der Waals surface area contributed by atoms with Crippen molar-refractivity contribution >= 4 is 11.0 Å². The van der Waals surface area contributed by atoms with E-state index in [1.54, 1.807) is 18.6 Å². The lowest BCUT2D eigenvalue weighted by atomic mass is 10.00. The minimum absolute atomic E-state index is 0.0191. The number of pyridine rings is 1. The SMILES string of the molecule is NNC(Cc1cccnc1)c1ccc2nccnc2c1. The molecule has 5 heteroatoms. The number of benzene rings is 1. The van der Waals surface area contributed by atoms with Crippen LogP contribution in [0, 0.1) is 0 Å². The fraction of sp³-hybridized carbons (Fsp3) is 0.133. The van der Waals surface area contributed by atoms with Crippen LogP contribution >= 0.6 is 0 Å². The van der Waals surface area contributed by atoms with Crippen LogP contribution in [0.4, 0.5) is 0 Å². The van der Waals surface area contributed by atoms with Gasteiger partial charge >= 0.3 is 0 Å². The Bertz CT molecular complexity index is 699. The van der Waals surface area contributed by atoms with E-state index in [0.29, 0.717) is 0 Å². The van der Waals surface area contributed by atoms with Gasteiger partial charge in [0, 0.05) is 24.8 Å². The maximum atomic E-state index is 5.69. The normalized spacial score (nSPS) is 12.4. The summed E-state index contributed by atoms with van der Waals surface area (Å²) >= 11 is 0. The van der Waals surface area contributed by atoms with Crippen LogP contribution in [0.25, 0.3) is 11.0 Å². The summed E-state index contributed by atoms with van der Waals surface area (Å²) in [5, 5.41) is 0. The first kappa shape index (κ1) is 12.7. The minimum Gasteiger partial charge on any atom is -0.271 e. The van der Waals surface area contributed by atoms with Gasteiger partial charge < -0.3 is 0 Å². The highest BCUT2D eigenvalue weighted by Crippen LogP contribution is 2.20. The van der Waals surface area contributed by atoms with Gasteiger partial charge in [-0.2, -0.15) is 0 Å². The van der Waals surface area contributed by atoms with Gasteiger partial charge in [0.05, 0.1) is 17.1 Å². The summed E-state index contributed by atoms with van der Waals surface area (Å²) in [6.07, 6.45) is 7.77. The van der Waals surface area contributed by atoms with Crippen molar-refractivity contribution < 1.29 is 0 Å². The Kier molecular flexibility index (Phi) is 3.62. The van der Waals surface area contributed by atoms with Crippen molar-refractivity contribution in [2.75, 3.05) is 0 Å². The number of hydrazine groups is 1. The van der Waals surface area contributed by atoms with Crippen molar-refractivity contribution in [2.45, 2.75) is 12.5 Å². The molecule has 0 aliphatic heterocycles. The lowest BCUT2D eigenvalue weighted by molar-refractivity contribution is 0.551. The van der Waals surface area contributed by atoms with E-state index in [1.807, 2.05) is 36.5 Å². The fourth-order valence-electron chi connectivity index (χ4n) is 2.22.